The topological polar surface area (TPSA) is 76.7 Å². The van der Waals surface area contributed by atoms with Gasteiger partial charge in [0.15, 0.2) is 4.34 Å². The number of nitrogens with one attached hydrogen (secondary N) is 1. The van der Waals surface area contributed by atoms with Crippen LogP contribution in [0.15, 0.2) is 33.1 Å². The van der Waals surface area contributed by atoms with Gasteiger partial charge < -0.3 is 9.84 Å². The van der Waals surface area contributed by atoms with Crippen LogP contribution in [0.4, 0.5) is 9.52 Å². The van der Waals surface area contributed by atoms with Crippen molar-refractivity contribution in [3.05, 3.63) is 36.0 Å². The molecular formula is C14H14FN5OS2. The van der Waals surface area contributed by atoms with Crippen molar-refractivity contribution in [3.8, 4) is 11.4 Å². The smallest absolute Gasteiger partial charge is 0.237 e. The highest BCUT2D eigenvalue weighted by Gasteiger charge is 2.11. The van der Waals surface area contributed by atoms with Crippen molar-refractivity contribution < 1.29 is 8.91 Å². The molecule has 2 heterocycles. The molecule has 0 unspecified atom stereocenters. The number of halogens is 1. The Kier molecular flexibility index (Phi) is 4.87. The summed E-state index contributed by atoms with van der Waals surface area (Å²) in [4.78, 5) is 4.30. The van der Waals surface area contributed by atoms with Crippen molar-refractivity contribution >= 4 is 28.2 Å². The summed E-state index contributed by atoms with van der Waals surface area (Å²) in [6, 6.07) is 6.28. The summed E-state index contributed by atoms with van der Waals surface area (Å²) in [7, 11) is 0. The van der Waals surface area contributed by atoms with Crippen molar-refractivity contribution in [2.24, 2.45) is 0 Å². The van der Waals surface area contributed by atoms with Crippen LogP contribution in [-0.2, 0) is 5.75 Å². The van der Waals surface area contributed by atoms with Gasteiger partial charge in [-0.05, 0) is 38.1 Å². The number of hydrogen-bond donors (Lipinski definition) is 1. The highest BCUT2D eigenvalue weighted by Crippen LogP contribution is 2.28. The maximum atomic E-state index is 12.9. The second kappa shape index (κ2) is 7.05. The van der Waals surface area contributed by atoms with Gasteiger partial charge in [-0.15, -0.1) is 10.2 Å². The molecule has 0 spiro atoms. The first-order valence-corrected chi connectivity index (χ1v) is 8.72. The van der Waals surface area contributed by atoms with Gasteiger partial charge >= 0.3 is 0 Å². The first-order chi connectivity index (χ1) is 11.1. The van der Waals surface area contributed by atoms with Crippen molar-refractivity contribution in [2.75, 3.05) is 5.32 Å². The molecule has 0 fully saturated rings. The molecule has 0 aliphatic carbocycles. The van der Waals surface area contributed by atoms with Gasteiger partial charge in [0.2, 0.25) is 16.8 Å². The van der Waals surface area contributed by atoms with Crippen molar-refractivity contribution in [1.82, 2.24) is 20.3 Å². The molecule has 1 N–H and O–H groups in total. The number of nitrogens with zero attached hydrogens (tertiary/aromatic N) is 4. The van der Waals surface area contributed by atoms with E-state index in [9.17, 15) is 4.39 Å². The number of rotatable bonds is 6. The predicted molar refractivity (Wildman–Crippen MR) is 87.9 cm³/mol. The number of hydrogen-bond acceptors (Lipinski definition) is 8. The largest absolute Gasteiger partial charge is 0.358 e. The van der Waals surface area contributed by atoms with Gasteiger partial charge in [-0.25, -0.2) is 4.39 Å². The number of thioether (sulfide) groups is 1. The minimum Gasteiger partial charge on any atom is -0.358 e. The van der Waals surface area contributed by atoms with Crippen LogP contribution in [-0.4, -0.2) is 26.4 Å². The number of aromatic nitrogens is 4. The highest BCUT2D eigenvalue weighted by atomic mass is 32.2. The standard InChI is InChI=1S/C14H14FN5OS2/c1-8(2)16-13-18-19-14(23-13)22-7-11-17-12(20-21-11)9-3-5-10(15)6-4-9/h3-6,8H,7H2,1-2H3,(H,16,18). The third-order valence-corrected chi connectivity index (χ3v) is 4.68. The molecule has 0 bridgehead atoms. The highest BCUT2D eigenvalue weighted by molar-refractivity contribution is 8.00. The Morgan fingerprint density at radius 1 is 1.26 bits per heavy atom. The molecule has 3 rings (SSSR count). The lowest BCUT2D eigenvalue weighted by molar-refractivity contribution is 0.391. The van der Waals surface area contributed by atoms with Crippen LogP contribution < -0.4 is 5.32 Å². The minimum absolute atomic E-state index is 0.296. The van der Waals surface area contributed by atoms with E-state index in [1.807, 2.05) is 13.8 Å². The summed E-state index contributed by atoms with van der Waals surface area (Å²) in [5.41, 5.74) is 0.714. The van der Waals surface area contributed by atoms with Crippen LogP contribution in [0.5, 0.6) is 0 Å². The molecule has 0 atom stereocenters. The van der Waals surface area contributed by atoms with Crippen LogP contribution in [0, 0.1) is 5.82 Å². The summed E-state index contributed by atoms with van der Waals surface area (Å²) in [5.74, 6) is 1.14. The molecule has 0 aliphatic rings. The van der Waals surface area contributed by atoms with E-state index in [1.165, 1.54) is 35.2 Å². The maximum Gasteiger partial charge on any atom is 0.237 e. The van der Waals surface area contributed by atoms with Crippen LogP contribution in [0.2, 0.25) is 0 Å². The monoisotopic (exact) mass is 351 g/mol. The lowest BCUT2D eigenvalue weighted by Gasteiger charge is -2.02. The average Bonchev–Trinajstić information content (AvgIpc) is 3.14. The molecule has 0 saturated heterocycles. The molecule has 1 aromatic carbocycles. The lowest BCUT2D eigenvalue weighted by atomic mass is 10.2. The molecule has 23 heavy (non-hydrogen) atoms. The van der Waals surface area contributed by atoms with Crippen LogP contribution in [0.1, 0.15) is 19.7 Å². The van der Waals surface area contributed by atoms with Gasteiger partial charge in [0.05, 0.1) is 5.75 Å². The van der Waals surface area contributed by atoms with Gasteiger partial charge in [-0.2, -0.15) is 4.98 Å². The zero-order chi connectivity index (χ0) is 16.2. The summed E-state index contributed by atoms with van der Waals surface area (Å²) < 4.78 is 18.9. The number of anilines is 1. The van der Waals surface area contributed by atoms with E-state index in [-0.39, 0.29) is 5.82 Å². The van der Waals surface area contributed by atoms with Gasteiger partial charge in [-0.1, -0.05) is 28.3 Å². The minimum atomic E-state index is -0.296. The molecule has 0 amide bonds. The molecule has 6 nitrogen and oxygen atoms in total. The third-order valence-electron chi connectivity index (χ3n) is 2.71. The second-order valence-electron chi connectivity index (χ2n) is 4.98. The van der Waals surface area contributed by atoms with Crippen molar-refractivity contribution in [1.29, 1.82) is 0 Å². The molecule has 9 heteroatoms. The Morgan fingerprint density at radius 2 is 2.04 bits per heavy atom. The van der Waals surface area contributed by atoms with E-state index in [0.717, 1.165) is 9.47 Å². The average molecular weight is 351 g/mol. The second-order valence-corrected chi connectivity index (χ2v) is 7.18. The van der Waals surface area contributed by atoms with Crippen LogP contribution in [0.3, 0.4) is 0 Å². The summed E-state index contributed by atoms with van der Waals surface area (Å²) >= 11 is 2.96. The normalized spacial score (nSPS) is 11.1. The fourth-order valence-corrected chi connectivity index (χ4v) is 3.46. The molecule has 0 aliphatic heterocycles. The quantitative estimate of drug-likeness (QED) is 0.676. The first-order valence-electron chi connectivity index (χ1n) is 6.91. The van der Waals surface area contributed by atoms with Gasteiger partial charge in [0, 0.05) is 11.6 Å². The molecule has 0 saturated carbocycles. The molecular weight excluding hydrogens is 337 g/mol. The zero-order valence-electron chi connectivity index (χ0n) is 12.5. The van der Waals surface area contributed by atoms with Crippen LogP contribution >= 0.6 is 23.1 Å². The van der Waals surface area contributed by atoms with E-state index in [0.29, 0.717) is 29.1 Å². The lowest BCUT2D eigenvalue weighted by Crippen LogP contribution is -2.08. The van der Waals surface area contributed by atoms with Gasteiger partial charge in [0.1, 0.15) is 5.82 Å². The third kappa shape index (κ3) is 4.26. The molecule has 2 aromatic heterocycles. The van der Waals surface area contributed by atoms with Gasteiger partial charge in [0.25, 0.3) is 0 Å². The van der Waals surface area contributed by atoms with Crippen molar-refractivity contribution in [3.63, 3.8) is 0 Å². The zero-order valence-corrected chi connectivity index (χ0v) is 14.1. The summed E-state index contributed by atoms with van der Waals surface area (Å²) in [6.07, 6.45) is 0. The Balaban J connectivity index is 1.61. The Labute approximate surface area is 140 Å². The van der Waals surface area contributed by atoms with E-state index in [1.54, 1.807) is 12.1 Å². The maximum absolute atomic E-state index is 12.9. The Hall–Kier alpha value is -2.00. The number of benzene rings is 1. The van der Waals surface area contributed by atoms with E-state index in [4.69, 9.17) is 4.52 Å². The van der Waals surface area contributed by atoms with E-state index in [2.05, 4.69) is 25.7 Å². The molecule has 3 aromatic rings. The fraction of sp³-hybridized carbons (Fsp3) is 0.286. The first kappa shape index (κ1) is 15.9. The SMILES string of the molecule is CC(C)Nc1nnc(SCc2nc(-c3ccc(F)cc3)no2)s1. The Morgan fingerprint density at radius 3 is 2.78 bits per heavy atom. The fourth-order valence-electron chi connectivity index (χ4n) is 1.73. The summed E-state index contributed by atoms with van der Waals surface area (Å²) in [5, 5.41) is 16.1. The predicted octanol–water partition coefficient (Wildman–Crippen LogP) is 3.84. The summed E-state index contributed by atoms with van der Waals surface area (Å²) in [6.45, 7) is 4.09. The van der Waals surface area contributed by atoms with Crippen LogP contribution in [0.25, 0.3) is 11.4 Å². The molecule has 120 valence electrons. The van der Waals surface area contributed by atoms with Crippen molar-refractivity contribution in [2.45, 2.75) is 30.0 Å². The molecule has 0 radical (unpaired) electrons. The van der Waals surface area contributed by atoms with E-state index < -0.39 is 0 Å². The van der Waals surface area contributed by atoms with Gasteiger partial charge in [-0.3, -0.25) is 0 Å². The Bertz CT molecular complexity index is 772. The van der Waals surface area contributed by atoms with E-state index >= 15 is 0 Å².